The third-order valence-electron chi connectivity index (χ3n) is 6.91. The summed E-state index contributed by atoms with van der Waals surface area (Å²) in [6.45, 7) is 3.91. The van der Waals surface area contributed by atoms with Crippen LogP contribution in [0.2, 0.25) is 0 Å². The number of aliphatic hydroxyl groups excluding tert-OH is 1. The van der Waals surface area contributed by atoms with Crippen molar-refractivity contribution in [2.45, 2.75) is 44.1 Å². The minimum absolute atomic E-state index is 0.0759. The summed E-state index contributed by atoms with van der Waals surface area (Å²) in [4.78, 5) is 27.4. The molecule has 2 fully saturated rings. The van der Waals surface area contributed by atoms with Crippen LogP contribution in [0, 0.1) is 0 Å². The van der Waals surface area contributed by atoms with Gasteiger partial charge in [0, 0.05) is 31.2 Å². The van der Waals surface area contributed by atoms with Crippen LogP contribution < -0.4 is 15.4 Å². The number of carbonyl (C=O) groups is 2. The van der Waals surface area contributed by atoms with Gasteiger partial charge in [0.25, 0.3) is 11.8 Å². The van der Waals surface area contributed by atoms with Crippen molar-refractivity contribution in [2.24, 2.45) is 0 Å². The second-order valence-electron chi connectivity index (χ2n) is 9.19. The van der Waals surface area contributed by atoms with Gasteiger partial charge in [0.15, 0.2) is 0 Å². The molecule has 5 rings (SSSR count). The maximum absolute atomic E-state index is 12.8. The van der Waals surface area contributed by atoms with Gasteiger partial charge in [-0.15, -0.1) is 0 Å². The number of hydrogen-bond acceptors (Lipinski definition) is 6. The molecule has 0 aromatic heterocycles. The number of nitrogens with zero attached hydrogens (tertiary/aromatic N) is 1. The van der Waals surface area contributed by atoms with E-state index < -0.39 is 6.10 Å². The van der Waals surface area contributed by atoms with Crippen LogP contribution >= 0.6 is 0 Å². The Hall–Kier alpha value is -2.94. The lowest BCUT2D eigenvalue weighted by Gasteiger charge is -2.54. The zero-order chi connectivity index (χ0) is 23.7. The van der Waals surface area contributed by atoms with Gasteiger partial charge in [-0.05, 0) is 49.1 Å². The molecule has 3 atom stereocenters. The molecular formula is C26H31N3O5. The fourth-order valence-electron chi connectivity index (χ4n) is 4.88. The SMILES string of the molecule is CCOc1cc(C(=O)N2CC3OCC32)ccc1C(=O)NC[C@@H](O)CNC1Cc2ccccc2C1. The van der Waals surface area contributed by atoms with Crippen molar-refractivity contribution in [2.75, 3.05) is 32.8 Å². The van der Waals surface area contributed by atoms with Crippen LogP contribution in [-0.2, 0) is 17.6 Å². The number of morpholine rings is 1. The lowest BCUT2D eigenvalue weighted by Crippen LogP contribution is -2.71. The Morgan fingerprint density at radius 1 is 1.18 bits per heavy atom. The zero-order valence-corrected chi connectivity index (χ0v) is 19.3. The molecule has 8 heteroatoms. The van der Waals surface area contributed by atoms with Gasteiger partial charge in [0.1, 0.15) is 5.75 Å². The minimum Gasteiger partial charge on any atom is -0.493 e. The quantitative estimate of drug-likeness (QED) is 0.514. The van der Waals surface area contributed by atoms with Crippen LogP contribution in [0.1, 0.15) is 38.8 Å². The molecule has 34 heavy (non-hydrogen) atoms. The minimum atomic E-state index is -0.715. The average molecular weight is 466 g/mol. The number of amides is 2. The summed E-state index contributed by atoms with van der Waals surface area (Å²) < 4.78 is 11.0. The monoisotopic (exact) mass is 465 g/mol. The second kappa shape index (κ2) is 9.74. The predicted molar refractivity (Wildman–Crippen MR) is 126 cm³/mol. The van der Waals surface area contributed by atoms with Crippen LogP contribution in [0.4, 0.5) is 0 Å². The van der Waals surface area contributed by atoms with E-state index in [9.17, 15) is 14.7 Å². The highest BCUT2D eigenvalue weighted by Crippen LogP contribution is 2.32. The standard InChI is InChI=1S/C26H31N3O5/c1-2-33-23-11-18(26(32)29-14-24-22(29)15-34-24)7-8-21(23)25(31)28-13-20(30)12-27-19-9-16-5-3-4-6-17(16)10-19/h3-8,11,19-20,22,24,27,30H,2,9-10,12-15H2,1H3,(H,28,31)/t20-,22?,24?/m0/s1. The van der Waals surface area contributed by atoms with E-state index in [0.29, 0.717) is 49.2 Å². The van der Waals surface area contributed by atoms with Crippen molar-refractivity contribution in [3.05, 3.63) is 64.7 Å². The van der Waals surface area contributed by atoms with E-state index in [0.717, 1.165) is 12.8 Å². The van der Waals surface area contributed by atoms with Crippen molar-refractivity contribution in [3.63, 3.8) is 0 Å². The number of rotatable bonds is 9. The number of aliphatic hydroxyl groups is 1. The highest BCUT2D eigenvalue weighted by Gasteiger charge is 2.49. The van der Waals surface area contributed by atoms with Gasteiger partial charge < -0.3 is 30.1 Å². The Morgan fingerprint density at radius 2 is 1.94 bits per heavy atom. The van der Waals surface area contributed by atoms with Crippen molar-refractivity contribution in [3.8, 4) is 5.75 Å². The van der Waals surface area contributed by atoms with E-state index in [1.54, 1.807) is 23.1 Å². The van der Waals surface area contributed by atoms with Gasteiger partial charge in [-0.25, -0.2) is 0 Å². The number of carbonyl (C=O) groups excluding carboxylic acids is 2. The van der Waals surface area contributed by atoms with E-state index in [2.05, 4.69) is 22.8 Å². The third kappa shape index (κ3) is 4.53. The molecule has 2 aromatic carbocycles. The molecule has 3 N–H and O–H groups in total. The Balaban J connectivity index is 1.13. The molecule has 0 bridgehead atoms. The normalized spacial score (nSPS) is 21.6. The molecule has 2 unspecified atom stereocenters. The fourth-order valence-corrected chi connectivity index (χ4v) is 4.88. The molecule has 2 heterocycles. The van der Waals surface area contributed by atoms with Gasteiger partial charge in [-0.1, -0.05) is 24.3 Å². The van der Waals surface area contributed by atoms with Crippen LogP contribution in [0.5, 0.6) is 5.75 Å². The van der Waals surface area contributed by atoms with Gasteiger partial charge in [-0.3, -0.25) is 9.59 Å². The summed E-state index contributed by atoms with van der Waals surface area (Å²) in [6.07, 6.45) is 1.35. The third-order valence-corrected chi connectivity index (χ3v) is 6.91. The molecule has 2 aromatic rings. The first-order valence-electron chi connectivity index (χ1n) is 12.0. The first kappa shape index (κ1) is 22.8. The summed E-state index contributed by atoms with van der Waals surface area (Å²) in [5.41, 5.74) is 3.54. The van der Waals surface area contributed by atoms with Crippen molar-refractivity contribution in [1.82, 2.24) is 15.5 Å². The molecule has 3 aliphatic rings. The summed E-state index contributed by atoms with van der Waals surface area (Å²) in [5.74, 6) is -0.0525. The number of fused-ring (bicyclic) bond motifs is 2. The number of likely N-dealkylation sites (tertiary alicyclic amines) is 1. The van der Waals surface area contributed by atoms with Crippen LogP contribution in [0.15, 0.2) is 42.5 Å². The molecule has 180 valence electrons. The highest BCUT2D eigenvalue weighted by molar-refractivity contribution is 6.00. The first-order chi connectivity index (χ1) is 16.5. The van der Waals surface area contributed by atoms with Gasteiger partial charge in [0.2, 0.25) is 0 Å². The van der Waals surface area contributed by atoms with Gasteiger partial charge in [0.05, 0.1) is 37.0 Å². The average Bonchev–Trinajstić information content (AvgIpc) is 3.25. The van der Waals surface area contributed by atoms with Crippen molar-refractivity contribution >= 4 is 11.8 Å². The molecule has 2 aliphatic heterocycles. The molecule has 0 spiro atoms. The number of nitrogens with one attached hydrogen (secondary N) is 2. The Morgan fingerprint density at radius 3 is 2.56 bits per heavy atom. The lowest BCUT2D eigenvalue weighted by atomic mass is 9.93. The summed E-state index contributed by atoms with van der Waals surface area (Å²) in [5, 5.41) is 16.6. The molecular weight excluding hydrogens is 434 g/mol. The Kier molecular flexibility index (Phi) is 6.54. The van der Waals surface area contributed by atoms with Gasteiger partial charge in [-0.2, -0.15) is 0 Å². The van der Waals surface area contributed by atoms with Crippen molar-refractivity contribution < 1.29 is 24.2 Å². The highest BCUT2D eigenvalue weighted by atomic mass is 16.5. The topological polar surface area (TPSA) is 100 Å². The maximum atomic E-state index is 12.8. The predicted octanol–water partition coefficient (Wildman–Crippen LogP) is 1.16. The zero-order valence-electron chi connectivity index (χ0n) is 19.3. The fraction of sp³-hybridized carbons (Fsp3) is 0.462. The lowest BCUT2D eigenvalue weighted by molar-refractivity contribution is -0.195. The van der Waals surface area contributed by atoms with E-state index in [1.165, 1.54) is 11.1 Å². The van der Waals surface area contributed by atoms with Crippen LogP contribution in [0.3, 0.4) is 0 Å². The summed E-state index contributed by atoms with van der Waals surface area (Å²) in [6, 6.07) is 13.7. The first-order valence-corrected chi connectivity index (χ1v) is 12.0. The Labute approximate surface area is 199 Å². The van der Waals surface area contributed by atoms with E-state index in [-0.39, 0.29) is 30.5 Å². The number of benzene rings is 2. The van der Waals surface area contributed by atoms with Gasteiger partial charge >= 0.3 is 0 Å². The van der Waals surface area contributed by atoms with Crippen molar-refractivity contribution in [1.29, 1.82) is 0 Å². The molecule has 8 nitrogen and oxygen atoms in total. The number of ether oxygens (including phenoxy) is 2. The number of hydrogen-bond donors (Lipinski definition) is 3. The van der Waals surface area contributed by atoms with Crippen LogP contribution in [-0.4, -0.2) is 79.0 Å². The molecule has 0 saturated carbocycles. The summed E-state index contributed by atoms with van der Waals surface area (Å²) in [7, 11) is 0. The largest absolute Gasteiger partial charge is 0.493 e. The molecule has 0 radical (unpaired) electrons. The van der Waals surface area contributed by atoms with E-state index in [1.807, 2.05) is 19.1 Å². The molecule has 1 aliphatic carbocycles. The molecule has 2 amide bonds. The van der Waals surface area contributed by atoms with Crippen LogP contribution in [0.25, 0.3) is 0 Å². The Bertz CT molecular complexity index is 1050. The maximum Gasteiger partial charge on any atom is 0.255 e. The second-order valence-corrected chi connectivity index (χ2v) is 9.19. The van der Waals surface area contributed by atoms with E-state index in [4.69, 9.17) is 9.47 Å². The summed E-state index contributed by atoms with van der Waals surface area (Å²) >= 11 is 0. The van der Waals surface area contributed by atoms with E-state index >= 15 is 0 Å². The molecule has 2 saturated heterocycles. The smallest absolute Gasteiger partial charge is 0.255 e.